The van der Waals surface area contributed by atoms with Gasteiger partial charge < -0.3 is 15.5 Å². The molecule has 1 fully saturated rings. The van der Waals surface area contributed by atoms with Crippen LogP contribution in [0.3, 0.4) is 0 Å². The number of benzene rings is 1. The lowest BCUT2D eigenvalue weighted by atomic mass is 9.99. The number of amides is 2. The molecular weight excluding hydrogens is 314 g/mol. The van der Waals surface area contributed by atoms with Crippen LogP contribution in [0.25, 0.3) is 0 Å². The average molecular weight is 343 g/mol. The number of hydrogen-bond donors (Lipinski definition) is 1. The Balaban J connectivity index is 1.74. The van der Waals surface area contributed by atoms with Crippen molar-refractivity contribution in [1.82, 2.24) is 9.80 Å². The monoisotopic (exact) mass is 343 g/mol. The number of nitrogens with two attached hydrogens (primary N) is 1. The van der Waals surface area contributed by atoms with E-state index in [-0.39, 0.29) is 18.0 Å². The molecule has 0 radical (unpaired) electrons. The van der Waals surface area contributed by atoms with Gasteiger partial charge in [-0.25, -0.2) is 0 Å². The minimum absolute atomic E-state index is 0.00733. The molecule has 1 aromatic carbocycles. The molecule has 0 bridgehead atoms. The number of nitrogens with zero attached hydrogens (tertiary/aromatic N) is 2. The minimum atomic E-state index is -0.525. The molecule has 2 heterocycles. The molecule has 3 rings (SSSR count). The van der Waals surface area contributed by atoms with E-state index in [1.165, 1.54) is 6.42 Å². The summed E-state index contributed by atoms with van der Waals surface area (Å²) in [6, 6.07) is 5.67. The minimum Gasteiger partial charge on any atom is -0.366 e. The maximum atomic E-state index is 13.0. The Labute approximate surface area is 150 Å². The number of likely N-dealkylation sites (tertiary alicyclic amines) is 1. The summed E-state index contributed by atoms with van der Waals surface area (Å²) >= 11 is 0. The van der Waals surface area contributed by atoms with E-state index in [0.717, 1.165) is 38.0 Å². The fourth-order valence-electron chi connectivity index (χ4n) is 4.25. The molecule has 5 nitrogen and oxygen atoms in total. The fraction of sp³-hybridized carbons (Fsp3) is 0.600. The third-order valence-corrected chi connectivity index (χ3v) is 5.90. The van der Waals surface area contributed by atoms with Crippen LogP contribution in [0.15, 0.2) is 18.2 Å². The highest BCUT2D eigenvalue weighted by molar-refractivity contribution is 6.09. The molecule has 0 saturated carbocycles. The van der Waals surface area contributed by atoms with Gasteiger partial charge in [-0.05, 0) is 37.3 Å². The maximum absolute atomic E-state index is 13.0. The van der Waals surface area contributed by atoms with Gasteiger partial charge in [0.1, 0.15) is 0 Å². The van der Waals surface area contributed by atoms with Crippen LogP contribution in [0.1, 0.15) is 72.4 Å². The van der Waals surface area contributed by atoms with Gasteiger partial charge in [0.05, 0.1) is 17.2 Å². The summed E-state index contributed by atoms with van der Waals surface area (Å²) in [5.41, 5.74) is 7.28. The smallest absolute Gasteiger partial charge is 0.255 e. The third kappa shape index (κ3) is 3.30. The number of carbonyl (C=O) groups is 2. The summed E-state index contributed by atoms with van der Waals surface area (Å²) in [6.07, 6.45) is 3.19. The van der Waals surface area contributed by atoms with Gasteiger partial charge in [-0.1, -0.05) is 32.4 Å². The van der Waals surface area contributed by atoms with Gasteiger partial charge in [-0.2, -0.15) is 0 Å². The van der Waals surface area contributed by atoms with Crippen LogP contribution in [0, 0.1) is 5.92 Å². The highest BCUT2D eigenvalue weighted by Gasteiger charge is 2.41. The molecule has 1 aromatic rings. The molecule has 1 saturated heterocycles. The average Bonchev–Trinajstić information content (AvgIpc) is 2.86. The summed E-state index contributed by atoms with van der Waals surface area (Å²) < 4.78 is 0. The summed E-state index contributed by atoms with van der Waals surface area (Å²) in [6.45, 7) is 9.78. The van der Waals surface area contributed by atoms with Crippen molar-refractivity contribution in [2.45, 2.75) is 52.1 Å². The van der Waals surface area contributed by atoms with Crippen molar-refractivity contribution in [3.05, 3.63) is 34.9 Å². The number of rotatable bonds is 5. The van der Waals surface area contributed by atoms with E-state index in [9.17, 15) is 9.59 Å². The fourth-order valence-corrected chi connectivity index (χ4v) is 4.25. The highest BCUT2D eigenvalue weighted by atomic mass is 16.2. The van der Waals surface area contributed by atoms with Gasteiger partial charge in [0.15, 0.2) is 0 Å². The summed E-state index contributed by atoms with van der Waals surface area (Å²) in [4.78, 5) is 29.3. The quantitative estimate of drug-likeness (QED) is 0.894. The molecule has 2 unspecified atom stereocenters. The molecule has 2 amide bonds. The van der Waals surface area contributed by atoms with E-state index in [1.807, 2.05) is 17.0 Å². The van der Waals surface area contributed by atoms with Gasteiger partial charge in [-0.15, -0.1) is 0 Å². The third-order valence-electron chi connectivity index (χ3n) is 5.90. The first-order valence-electron chi connectivity index (χ1n) is 9.41. The van der Waals surface area contributed by atoms with Gasteiger partial charge in [0.2, 0.25) is 5.91 Å². The Morgan fingerprint density at radius 1 is 1.32 bits per heavy atom. The SMILES string of the molecule is CCC(C)CN1CCC(N2C(=O)c3c(C(N)=O)cccc3C2C)CC1. The van der Waals surface area contributed by atoms with Crippen LogP contribution in [-0.2, 0) is 0 Å². The number of fused-ring (bicyclic) bond motifs is 1. The van der Waals surface area contributed by atoms with Gasteiger partial charge in [0.25, 0.3) is 5.91 Å². The normalized spacial score (nSPS) is 22.9. The first-order chi connectivity index (χ1) is 11.9. The Bertz CT molecular complexity index is 665. The Kier molecular flexibility index (Phi) is 5.13. The van der Waals surface area contributed by atoms with E-state index in [2.05, 4.69) is 25.7 Å². The van der Waals surface area contributed by atoms with Crippen LogP contribution in [-0.4, -0.2) is 47.3 Å². The van der Waals surface area contributed by atoms with E-state index in [4.69, 9.17) is 5.73 Å². The van der Waals surface area contributed by atoms with Crippen molar-refractivity contribution in [1.29, 1.82) is 0 Å². The van der Waals surface area contributed by atoms with E-state index < -0.39 is 5.91 Å². The van der Waals surface area contributed by atoms with Crippen LogP contribution >= 0.6 is 0 Å². The predicted molar refractivity (Wildman–Crippen MR) is 98.5 cm³/mol. The molecule has 136 valence electrons. The highest BCUT2D eigenvalue weighted by Crippen LogP contribution is 2.38. The standard InChI is InChI=1S/C20H29N3O2/c1-4-13(2)12-22-10-8-15(9-11-22)23-14(3)16-6-5-7-17(19(21)24)18(16)20(23)25/h5-7,13-15H,4,8-12H2,1-3H3,(H2,21,24). The maximum Gasteiger partial charge on any atom is 0.255 e. The second-order valence-electron chi connectivity index (χ2n) is 7.57. The summed E-state index contributed by atoms with van der Waals surface area (Å²) in [5.74, 6) is 0.158. The zero-order valence-corrected chi connectivity index (χ0v) is 15.5. The molecule has 0 aliphatic carbocycles. The second-order valence-corrected chi connectivity index (χ2v) is 7.57. The molecule has 5 heteroatoms. The largest absolute Gasteiger partial charge is 0.366 e. The molecule has 0 spiro atoms. The lowest BCUT2D eigenvalue weighted by Crippen LogP contribution is -2.46. The van der Waals surface area contributed by atoms with Crippen LogP contribution in [0.4, 0.5) is 0 Å². The van der Waals surface area contributed by atoms with Crippen LogP contribution < -0.4 is 5.73 Å². The molecule has 2 aliphatic rings. The number of carbonyl (C=O) groups excluding carboxylic acids is 2. The van der Waals surface area contributed by atoms with Gasteiger partial charge >= 0.3 is 0 Å². The first kappa shape index (κ1) is 17.9. The van der Waals surface area contributed by atoms with Crippen molar-refractivity contribution in [2.24, 2.45) is 11.7 Å². The molecule has 25 heavy (non-hydrogen) atoms. The molecule has 2 atom stereocenters. The van der Waals surface area contributed by atoms with E-state index in [1.54, 1.807) is 6.07 Å². The lowest BCUT2D eigenvalue weighted by Gasteiger charge is -2.39. The topological polar surface area (TPSA) is 66.6 Å². The van der Waals surface area contributed by atoms with E-state index >= 15 is 0 Å². The molecule has 2 N–H and O–H groups in total. The summed E-state index contributed by atoms with van der Waals surface area (Å²) in [5, 5.41) is 0. The Hall–Kier alpha value is -1.88. The Morgan fingerprint density at radius 3 is 2.60 bits per heavy atom. The van der Waals surface area contributed by atoms with Gasteiger partial charge in [0, 0.05) is 25.7 Å². The van der Waals surface area contributed by atoms with Crippen molar-refractivity contribution < 1.29 is 9.59 Å². The zero-order valence-electron chi connectivity index (χ0n) is 15.5. The first-order valence-corrected chi connectivity index (χ1v) is 9.41. The van der Waals surface area contributed by atoms with Crippen molar-refractivity contribution in [3.63, 3.8) is 0 Å². The van der Waals surface area contributed by atoms with Crippen molar-refractivity contribution in [3.8, 4) is 0 Å². The number of piperidine rings is 1. The van der Waals surface area contributed by atoms with Crippen molar-refractivity contribution >= 4 is 11.8 Å². The summed E-state index contributed by atoms with van der Waals surface area (Å²) in [7, 11) is 0. The molecule has 0 aromatic heterocycles. The second kappa shape index (κ2) is 7.16. The Morgan fingerprint density at radius 2 is 2.00 bits per heavy atom. The predicted octanol–water partition coefficient (Wildman–Crippen LogP) is 2.81. The molecule has 2 aliphatic heterocycles. The van der Waals surface area contributed by atoms with Crippen molar-refractivity contribution in [2.75, 3.05) is 19.6 Å². The zero-order chi connectivity index (χ0) is 18.1. The lowest BCUT2D eigenvalue weighted by molar-refractivity contribution is 0.0504. The van der Waals surface area contributed by atoms with Crippen LogP contribution in [0.5, 0.6) is 0 Å². The molecular formula is C20H29N3O2. The van der Waals surface area contributed by atoms with E-state index in [0.29, 0.717) is 17.0 Å². The van der Waals surface area contributed by atoms with Gasteiger partial charge in [-0.3, -0.25) is 9.59 Å². The number of primary amides is 1. The number of hydrogen-bond acceptors (Lipinski definition) is 3. The van der Waals surface area contributed by atoms with Crippen LogP contribution in [0.2, 0.25) is 0 Å².